The zero-order valence-electron chi connectivity index (χ0n) is 13.2. The average Bonchev–Trinajstić information content (AvgIpc) is 2.38. The summed E-state index contributed by atoms with van der Waals surface area (Å²) in [5.74, 6) is 0.724. The summed E-state index contributed by atoms with van der Waals surface area (Å²) in [5.41, 5.74) is 0. The maximum Gasteiger partial charge on any atom is -0.0414 e. The summed E-state index contributed by atoms with van der Waals surface area (Å²) >= 11 is 0. The lowest BCUT2D eigenvalue weighted by molar-refractivity contribution is 0.465. The van der Waals surface area contributed by atoms with Gasteiger partial charge >= 0.3 is 0 Å². The van der Waals surface area contributed by atoms with Crippen LogP contribution in [0.15, 0.2) is 0 Å². The molecule has 0 aromatic heterocycles. The molecule has 0 aromatic carbocycles. The summed E-state index contributed by atoms with van der Waals surface area (Å²) in [6.07, 6.45) is 19.7. The molecule has 0 nitrogen and oxygen atoms in total. The first-order chi connectivity index (χ1) is 8.81. The van der Waals surface area contributed by atoms with Gasteiger partial charge in [-0.15, -0.1) is 0 Å². The van der Waals surface area contributed by atoms with Crippen LogP contribution in [0.3, 0.4) is 0 Å². The van der Waals surface area contributed by atoms with Gasteiger partial charge in [0.2, 0.25) is 0 Å². The third-order valence-corrected chi connectivity index (χ3v) is 3.93. The van der Waals surface area contributed by atoms with Crippen molar-refractivity contribution in [3.8, 4) is 0 Å². The Hall–Kier alpha value is 0. The second kappa shape index (κ2) is 15.1. The number of hydrogen-bond donors (Lipinski definition) is 0. The lowest BCUT2D eigenvalue weighted by Gasteiger charge is -2.10. The lowest BCUT2D eigenvalue weighted by atomic mass is 9.96. The fourth-order valence-corrected chi connectivity index (χ4v) is 2.57. The van der Waals surface area contributed by atoms with Crippen molar-refractivity contribution >= 4 is 0 Å². The summed E-state index contributed by atoms with van der Waals surface area (Å²) in [5, 5.41) is 0. The molecule has 0 N–H and O–H groups in total. The Morgan fingerprint density at radius 1 is 0.556 bits per heavy atom. The zero-order valence-corrected chi connectivity index (χ0v) is 13.2. The topological polar surface area (TPSA) is 0 Å². The fraction of sp³-hybridized carbons (Fsp3) is 0.944. The lowest BCUT2D eigenvalue weighted by Crippen LogP contribution is -1.95. The van der Waals surface area contributed by atoms with Gasteiger partial charge in [-0.25, -0.2) is 0 Å². The Bertz CT molecular complexity index is 139. The number of rotatable bonds is 14. The van der Waals surface area contributed by atoms with Crippen LogP contribution in [0.5, 0.6) is 0 Å². The van der Waals surface area contributed by atoms with Crippen molar-refractivity contribution in [1.82, 2.24) is 0 Å². The highest BCUT2D eigenvalue weighted by molar-refractivity contribution is 4.62. The Labute approximate surface area is 117 Å². The van der Waals surface area contributed by atoms with Gasteiger partial charge in [0.05, 0.1) is 0 Å². The number of unbranched alkanes of at least 4 members (excludes halogenated alkanes) is 10. The van der Waals surface area contributed by atoms with E-state index < -0.39 is 0 Å². The molecular weight excluding hydrogens is 216 g/mol. The van der Waals surface area contributed by atoms with Gasteiger partial charge in [0.15, 0.2) is 0 Å². The van der Waals surface area contributed by atoms with Crippen molar-refractivity contribution in [1.29, 1.82) is 0 Å². The van der Waals surface area contributed by atoms with Crippen molar-refractivity contribution in [2.24, 2.45) is 5.92 Å². The van der Waals surface area contributed by atoms with Crippen LogP contribution in [0.1, 0.15) is 104 Å². The SMILES string of the molecule is [CH2]C(CCCCCC)CCCCCCCCCC. The normalized spacial score (nSPS) is 12.8. The molecule has 0 bridgehead atoms. The van der Waals surface area contributed by atoms with E-state index in [0.29, 0.717) is 0 Å². The van der Waals surface area contributed by atoms with Crippen molar-refractivity contribution < 1.29 is 0 Å². The van der Waals surface area contributed by atoms with Crippen LogP contribution in [0.4, 0.5) is 0 Å². The highest BCUT2D eigenvalue weighted by atomic mass is 14.1. The van der Waals surface area contributed by atoms with Gasteiger partial charge in [-0.3, -0.25) is 0 Å². The van der Waals surface area contributed by atoms with E-state index in [0.717, 1.165) is 5.92 Å². The molecule has 0 rings (SSSR count). The van der Waals surface area contributed by atoms with Gasteiger partial charge in [0.25, 0.3) is 0 Å². The Balaban J connectivity index is 3.08. The molecule has 1 unspecified atom stereocenters. The predicted molar refractivity (Wildman–Crippen MR) is 84.8 cm³/mol. The second-order valence-corrected chi connectivity index (χ2v) is 5.98. The van der Waals surface area contributed by atoms with Crippen LogP contribution >= 0.6 is 0 Å². The Morgan fingerprint density at radius 3 is 1.33 bits per heavy atom. The van der Waals surface area contributed by atoms with Gasteiger partial charge in [-0.05, 0) is 5.92 Å². The van der Waals surface area contributed by atoms with Crippen molar-refractivity contribution in [2.45, 2.75) is 104 Å². The van der Waals surface area contributed by atoms with Gasteiger partial charge in [-0.1, -0.05) is 111 Å². The Morgan fingerprint density at radius 2 is 0.889 bits per heavy atom. The molecule has 109 valence electrons. The fourth-order valence-electron chi connectivity index (χ4n) is 2.57. The van der Waals surface area contributed by atoms with E-state index in [2.05, 4.69) is 20.8 Å². The molecule has 0 saturated heterocycles. The summed E-state index contributed by atoms with van der Waals surface area (Å²) in [6, 6.07) is 0. The molecular formula is C18H37. The van der Waals surface area contributed by atoms with Gasteiger partial charge in [-0.2, -0.15) is 0 Å². The molecule has 0 aliphatic rings. The third-order valence-electron chi connectivity index (χ3n) is 3.93. The van der Waals surface area contributed by atoms with Crippen LogP contribution in [0.25, 0.3) is 0 Å². The summed E-state index contributed by atoms with van der Waals surface area (Å²) in [7, 11) is 0. The van der Waals surface area contributed by atoms with E-state index in [4.69, 9.17) is 0 Å². The average molecular weight is 253 g/mol. The standard InChI is InChI=1S/C18H37/c1-4-6-8-10-11-12-13-15-17-18(3)16-14-9-7-5-2/h18H,3-17H2,1-2H3. The highest BCUT2D eigenvalue weighted by Gasteiger charge is 2.01. The molecule has 0 aliphatic carbocycles. The highest BCUT2D eigenvalue weighted by Crippen LogP contribution is 2.17. The van der Waals surface area contributed by atoms with Crippen LogP contribution in [-0.2, 0) is 0 Å². The maximum atomic E-state index is 4.29. The summed E-state index contributed by atoms with van der Waals surface area (Å²) in [4.78, 5) is 0. The van der Waals surface area contributed by atoms with Crippen LogP contribution < -0.4 is 0 Å². The molecule has 0 heterocycles. The maximum absolute atomic E-state index is 4.29. The minimum absolute atomic E-state index is 0.724. The van der Waals surface area contributed by atoms with Gasteiger partial charge in [0.1, 0.15) is 0 Å². The summed E-state index contributed by atoms with van der Waals surface area (Å²) < 4.78 is 0. The second-order valence-electron chi connectivity index (χ2n) is 5.98. The smallest absolute Gasteiger partial charge is 0.0414 e. The van der Waals surface area contributed by atoms with E-state index >= 15 is 0 Å². The Kier molecular flexibility index (Phi) is 15.1. The molecule has 0 aromatic rings. The molecule has 0 amide bonds. The third kappa shape index (κ3) is 14.1. The molecule has 18 heavy (non-hydrogen) atoms. The van der Waals surface area contributed by atoms with E-state index in [1.807, 2.05) is 0 Å². The first-order valence-corrected chi connectivity index (χ1v) is 8.64. The van der Waals surface area contributed by atoms with Crippen LogP contribution in [-0.4, -0.2) is 0 Å². The molecule has 0 spiro atoms. The van der Waals surface area contributed by atoms with Crippen LogP contribution in [0.2, 0.25) is 0 Å². The first-order valence-electron chi connectivity index (χ1n) is 8.64. The molecule has 1 atom stereocenters. The van der Waals surface area contributed by atoms with Crippen molar-refractivity contribution in [3.05, 3.63) is 6.92 Å². The zero-order chi connectivity index (χ0) is 13.5. The number of hydrogen-bond acceptors (Lipinski definition) is 0. The quantitative estimate of drug-likeness (QED) is 0.294. The van der Waals surface area contributed by atoms with Crippen molar-refractivity contribution in [3.63, 3.8) is 0 Å². The molecule has 0 aliphatic heterocycles. The van der Waals surface area contributed by atoms with Crippen molar-refractivity contribution in [2.75, 3.05) is 0 Å². The largest absolute Gasteiger partial charge is 0.0654 e. The monoisotopic (exact) mass is 253 g/mol. The van der Waals surface area contributed by atoms with Gasteiger partial charge in [0, 0.05) is 0 Å². The van der Waals surface area contributed by atoms with E-state index in [1.165, 1.54) is 89.9 Å². The minimum Gasteiger partial charge on any atom is -0.0654 e. The summed E-state index contributed by atoms with van der Waals surface area (Å²) in [6.45, 7) is 8.86. The minimum atomic E-state index is 0.724. The van der Waals surface area contributed by atoms with E-state index in [9.17, 15) is 0 Å². The van der Waals surface area contributed by atoms with E-state index in [1.54, 1.807) is 0 Å². The van der Waals surface area contributed by atoms with Gasteiger partial charge < -0.3 is 0 Å². The molecule has 0 fully saturated rings. The van der Waals surface area contributed by atoms with Crippen LogP contribution in [0, 0.1) is 12.8 Å². The predicted octanol–water partition coefficient (Wildman–Crippen LogP) is 6.94. The first kappa shape index (κ1) is 18.0. The molecule has 0 saturated carbocycles. The molecule has 1 radical (unpaired) electrons. The molecule has 0 heteroatoms. The van der Waals surface area contributed by atoms with E-state index in [-0.39, 0.29) is 0 Å².